The molecule has 1 aliphatic heterocycles. The van der Waals surface area contributed by atoms with E-state index in [1.54, 1.807) is 6.92 Å². The molecular weight excluding hydrogens is 272 g/mol. The van der Waals surface area contributed by atoms with E-state index in [0.29, 0.717) is 25.4 Å². The van der Waals surface area contributed by atoms with Gasteiger partial charge >= 0.3 is 5.97 Å². The Bertz CT molecular complexity index is 341. The van der Waals surface area contributed by atoms with Crippen LogP contribution in [0.2, 0.25) is 0 Å². The van der Waals surface area contributed by atoms with Crippen molar-refractivity contribution in [2.24, 2.45) is 11.7 Å². The molecule has 1 amide bonds. The second-order valence-electron chi connectivity index (χ2n) is 5.92. The van der Waals surface area contributed by atoms with Crippen LogP contribution in [0.3, 0.4) is 0 Å². The molecule has 1 aliphatic rings. The van der Waals surface area contributed by atoms with Gasteiger partial charge in [-0.25, -0.2) is 4.79 Å². The first-order valence-corrected chi connectivity index (χ1v) is 7.78. The van der Waals surface area contributed by atoms with Crippen molar-refractivity contribution >= 4 is 11.9 Å². The SMILES string of the molecule is CCOC(=O)C(C[C@@H]1CCCO1)NC(=O)[C@@H](N)CC(C)C. The molecule has 0 aliphatic carbocycles. The maximum absolute atomic E-state index is 12.1. The van der Waals surface area contributed by atoms with Crippen LogP contribution in [0, 0.1) is 5.92 Å². The maximum atomic E-state index is 12.1. The molecule has 0 aromatic carbocycles. The summed E-state index contributed by atoms with van der Waals surface area (Å²) in [6.07, 6.45) is 2.92. The molecule has 6 heteroatoms. The number of rotatable bonds is 8. The average molecular weight is 300 g/mol. The first-order valence-electron chi connectivity index (χ1n) is 7.78. The van der Waals surface area contributed by atoms with Crippen molar-refractivity contribution in [1.82, 2.24) is 5.32 Å². The molecule has 122 valence electrons. The second-order valence-corrected chi connectivity index (χ2v) is 5.92. The third-order valence-corrected chi connectivity index (χ3v) is 3.47. The molecule has 3 atom stereocenters. The number of nitrogens with two attached hydrogens (primary N) is 1. The molecule has 1 saturated heterocycles. The van der Waals surface area contributed by atoms with Gasteiger partial charge < -0.3 is 20.5 Å². The van der Waals surface area contributed by atoms with E-state index in [0.717, 1.165) is 12.8 Å². The van der Waals surface area contributed by atoms with Crippen LogP contribution in [0.4, 0.5) is 0 Å². The number of esters is 1. The predicted octanol–water partition coefficient (Wildman–Crippen LogP) is 0.977. The van der Waals surface area contributed by atoms with Crippen LogP contribution < -0.4 is 11.1 Å². The van der Waals surface area contributed by atoms with Crippen molar-refractivity contribution in [3.63, 3.8) is 0 Å². The highest BCUT2D eigenvalue weighted by Crippen LogP contribution is 2.17. The highest BCUT2D eigenvalue weighted by atomic mass is 16.5. The van der Waals surface area contributed by atoms with E-state index in [1.165, 1.54) is 0 Å². The molecule has 0 bridgehead atoms. The van der Waals surface area contributed by atoms with Gasteiger partial charge in [0.05, 0.1) is 18.8 Å². The Kier molecular flexibility index (Phi) is 7.67. The van der Waals surface area contributed by atoms with Gasteiger partial charge in [0.2, 0.25) is 5.91 Å². The third kappa shape index (κ3) is 6.44. The molecule has 0 spiro atoms. The highest BCUT2D eigenvalue weighted by Gasteiger charge is 2.29. The molecule has 0 aromatic rings. The van der Waals surface area contributed by atoms with Crippen molar-refractivity contribution < 1.29 is 19.1 Å². The minimum absolute atomic E-state index is 0.000953. The minimum atomic E-state index is -0.682. The fourth-order valence-electron chi connectivity index (χ4n) is 2.44. The first kappa shape index (κ1) is 17.9. The molecule has 0 aromatic heterocycles. The van der Waals surface area contributed by atoms with E-state index in [9.17, 15) is 9.59 Å². The summed E-state index contributed by atoms with van der Waals surface area (Å²) in [7, 11) is 0. The largest absolute Gasteiger partial charge is 0.464 e. The van der Waals surface area contributed by atoms with Crippen LogP contribution in [0.5, 0.6) is 0 Å². The minimum Gasteiger partial charge on any atom is -0.464 e. The van der Waals surface area contributed by atoms with Gasteiger partial charge in [-0.2, -0.15) is 0 Å². The monoisotopic (exact) mass is 300 g/mol. The molecule has 21 heavy (non-hydrogen) atoms. The van der Waals surface area contributed by atoms with E-state index < -0.39 is 18.1 Å². The summed E-state index contributed by atoms with van der Waals surface area (Å²) in [5.74, 6) is -0.400. The van der Waals surface area contributed by atoms with E-state index in [4.69, 9.17) is 15.2 Å². The van der Waals surface area contributed by atoms with E-state index in [-0.39, 0.29) is 18.6 Å². The summed E-state index contributed by atoms with van der Waals surface area (Å²) in [5.41, 5.74) is 5.85. The van der Waals surface area contributed by atoms with E-state index in [2.05, 4.69) is 5.32 Å². The lowest BCUT2D eigenvalue weighted by Gasteiger charge is -2.22. The van der Waals surface area contributed by atoms with Gasteiger partial charge in [0.15, 0.2) is 0 Å². The number of nitrogens with one attached hydrogen (secondary N) is 1. The Morgan fingerprint density at radius 3 is 2.67 bits per heavy atom. The van der Waals surface area contributed by atoms with Gasteiger partial charge in [-0.15, -0.1) is 0 Å². The molecule has 1 rings (SSSR count). The van der Waals surface area contributed by atoms with Crippen LogP contribution in [0.25, 0.3) is 0 Å². The fourth-order valence-corrected chi connectivity index (χ4v) is 2.44. The molecule has 1 fully saturated rings. The fraction of sp³-hybridized carbons (Fsp3) is 0.867. The summed E-state index contributed by atoms with van der Waals surface area (Å²) in [6.45, 7) is 6.74. The Labute approximate surface area is 126 Å². The van der Waals surface area contributed by atoms with Crippen LogP contribution in [0.1, 0.15) is 46.5 Å². The standard InChI is InChI=1S/C15H28N2O4/c1-4-20-15(19)13(9-11-6-5-7-21-11)17-14(18)12(16)8-10(2)3/h10-13H,4-9,16H2,1-3H3,(H,17,18)/t11-,12-,13?/m0/s1. The second kappa shape index (κ2) is 9.00. The zero-order chi connectivity index (χ0) is 15.8. The molecule has 1 heterocycles. The van der Waals surface area contributed by atoms with E-state index in [1.807, 2.05) is 13.8 Å². The Hall–Kier alpha value is -1.14. The van der Waals surface area contributed by atoms with Gasteiger partial charge in [-0.1, -0.05) is 13.8 Å². The van der Waals surface area contributed by atoms with Gasteiger partial charge in [0.25, 0.3) is 0 Å². The summed E-state index contributed by atoms with van der Waals surface area (Å²) >= 11 is 0. The van der Waals surface area contributed by atoms with Crippen LogP contribution in [-0.2, 0) is 19.1 Å². The van der Waals surface area contributed by atoms with Gasteiger partial charge in [-0.05, 0) is 32.1 Å². The summed E-state index contributed by atoms with van der Waals surface area (Å²) in [4.78, 5) is 24.1. The normalized spacial score (nSPS) is 21.1. The van der Waals surface area contributed by atoms with Crippen molar-refractivity contribution in [3.05, 3.63) is 0 Å². The molecule has 0 saturated carbocycles. The average Bonchev–Trinajstić information content (AvgIpc) is 2.90. The summed E-state index contributed by atoms with van der Waals surface area (Å²) in [5, 5.41) is 2.72. The van der Waals surface area contributed by atoms with Crippen LogP contribution in [-0.4, -0.2) is 43.3 Å². The number of amides is 1. The first-order chi connectivity index (χ1) is 9.93. The Balaban J connectivity index is 2.58. The summed E-state index contributed by atoms with van der Waals surface area (Å²) < 4.78 is 10.6. The number of carbonyl (C=O) groups is 2. The quantitative estimate of drug-likeness (QED) is 0.652. The predicted molar refractivity (Wildman–Crippen MR) is 79.6 cm³/mol. The van der Waals surface area contributed by atoms with Crippen molar-refractivity contribution in [2.45, 2.75) is 64.6 Å². The van der Waals surface area contributed by atoms with Crippen LogP contribution in [0.15, 0.2) is 0 Å². The summed E-state index contributed by atoms with van der Waals surface area (Å²) in [6, 6.07) is -1.29. The van der Waals surface area contributed by atoms with Gasteiger partial charge in [-0.3, -0.25) is 4.79 Å². The van der Waals surface area contributed by atoms with Gasteiger partial charge in [0.1, 0.15) is 6.04 Å². The van der Waals surface area contributed by atoms with Crippen molar-refractivity contribution in [2.75, 3.05) is 13.2 Å². The molecular formula is C15H28N2O4. The smallest absolute Gasteiger partial charge is 0.328 e. The Morgan fingerprint density at radius 2 is 2.14 bits per heavy atom. The van der Waals surface area contributed by atoms with Crippen molar-refractivity contribution in [1.29, 1.82) is 0 Å². The molecule has 3 N–H and O–H groups in total. The van der Waals surface area contributed by atoms with Crippen molar-refractivity contribution in [3.8, 4) is 0 Å². The Morgan fingerprint density at radius 1 is 1.43 bits per heavy atom. The zero-order valence-corrected chi connectivity index (χ0v) is 13.3. The van der Waals surface area contributed by atoms with E-state index >= 15 is 0 Å². The lowest BCUT2D eigenvalue weighted by Crippen LogP contribution is -2.50. The topological polar surface area (TPSA) is 90.6 Å². The molecule has 1 unspecified atom stereocenters. The third-order valence-electron chi connectivity index (χ3n) is 3.47. The molecule has 0 radical (unpaired) electrons. The molecule has 6 nitrogen and oxygen atoms in total. The number of ether oxygens (including phenoxy) is 2. The highest BCUT2D eigenvalue weighted by molar-refractivity contribution is 5.87. The lowest BCUT2D eigenvalue weighted by molar-refractivity contribution is -0.148. The number of hydrogen-bond donors (Lipinski definition) is 2. The van der Waals surface area contributed by atoms with Gasteiger partial charge in [0, 0.05) is 13.0 Å². The number of carbonyl (C=O) groups excluding carboxylic acids is 2. The lowest BCUT2D eigenvalue weighted by atomic mass is 10.0. The maximum Gasteiger partial charge on any atom is 0.328 e. The zero-order valence-electron chi connectivity index (χ0n) is 13.3. The number of hydrogen-bond acceptors (Lipinski definition) is 5. The van der Waals surface area contributed by atoms with Crippen LogP contribution >= 0.6 is 0 Å².